The first-order valence-corrected chi connectivity index (χ1v) is 3.55. The standard InChI is InChI=1S/C7H6Cl2O.V/c8-6-2-1-3-7(9)5(6)4-10;/h1-3,10H,4H2;. The molecule has 0 bridgehead atoms. The van der Waals surface area contributed by atoms with Crippen molar-refractivity contribution in [2.75, 3.05) is 0 Å². The zero-order valence-corrected chi connectivity index (χ0v) is 8.50. The van der Waals surface area contributed by atoms with Gasteiger partial charge in [0.15, 0.2) is 0 Å². The van der Waals surface area contributed by atoms with Crippen molar-refractivity contribution in [1.29, 1.82) is 0 Å². The SMILES string of the molecule is OCc1c(Cl)cccc1Cl.[V]. The van der Waals surface area contributed by atoms with Crippen LogP contribution >= 0.6 is 23.2 Å². The third-order valence-electron chi connectivity index (χ3n) is 1.22. The Kier molecular flexibility index (Phi) is 5.23. The minimum atomic E-state index is -0.113. The van der Waals surface area contributed by atoms with E-state index in [2.05, 4.69) is 0 Å². The predicted octanol–water partition coefficient (Wildman–Crippen LogP) is 2.48. The number of halogens is 2. The van der Waals surface area contributed by atoms with E-state index in [9.17, 15) is 0 Å². The van der Waals surface area contributed by atoms with E-state index in [1.54, 1.807) is 18.2 Å². The molecule has 59 valence electrons. The average molecular weight is 228 g/mol. The molecule has 0 aromatic heterocycles. The summed E-state index contributed by atoms with van der Waals surface area (Å²) >= 11 is 11.4. The van der Waals surface area contributed by atoms with E-state index in [0.717, 1.165) is 0 Å². The van der Waals surface area contributed by atoms with E-state index in [1.165, 1.54) is 0 Å². The zero-order valence-electron chi connectivity index (χ0n) is 5.59. The van der Waals surface area contributed by atoms with Gasteiger partial charge in [0, 0.05) is 34.2 Å². The molecule has 0 unspecified atom stereocenters. The molecule has 1 aromatic rings. The fraction of sp³-hybridized carbons (Fsp3) is 0.143. The summed E-state index contributed by atoms with van der Waals surface area (Å²) in [5.74, 6) is 0. The Hall–Kier alpha value is 0.344. The van der Waals surface area contributed by atoms with Gasteiger partial charge in [-0.25, -0.2) is 0 Å². The number of hydrogen-bond donors (Lipinski definition) is 1. The summed E-state index contributed by atoms with van der Waals surface area (Å²) in [5.41, 5.74) is 0.589. The van der Waals surface area contributed by atoms with E-state index >= 15 is 0 Å². The monoisotopic (exact) mass is 227 g/mol. The zero-order chi connectivity index (χ0) is 7.56. The number of hydrogen-bond acceptors (Lipinski definition) is 1. The van der Waals surface area contributed by atoms with Gasteiger partial charge in [0.05, 0.1) is 6.61 Å². The van der Waals surface area contributed by atoms with Crippen LogP contribution in [0, 0.1) is 0 Å². The van der Waals surface area contributed by atoms with Crippen LogP contribution in [0.1, 0.15) is 5.56 Å². The molecule has 0 aliphatic rings. The van der Waals surface area contributed by atoms with E-state index in [-0.39, 0.29) is 25.2 Å². The van der Waals surface area contributed by atoms with Crippen LogP contribution in [0.25, 0.3) is 0 Å². The van der Waals surface area contributed by atoms with Crippen LogP contribution < -0.4 is 0 Å². The Morgan fingerprint density at radius 3 is 1.91 bits per heavy atom. The number of benzene rings is 1. The van der Waals surface area contributed by atoms with Gasteiger partial charge in [0.1, 0.15) is 0 Å². The Morgan fingerprint density at radius 1 is 1.18 bits per heavy atom. The molecule has 1 N–H and O–H groups in total. The summed E-state index contributed by atoms with van der Waals surface area (Å²) < 4.78 is 0. The maximum atomic E-state index is 8.73. The van der Waals surface area contributed by atoms with Gasteiger partial charge in [0.2, 0.25) is 0 Å². The molecular weight excluding hydrogens is 222 g/mol. The molecule has 1 nitrogen and oxygen atoms in total. The number of aliphatic hydroxyl groups is 1. The van der Waals surface area contributed by atoms with Gasteiger partial charge in [-0.1, -0.05) is 29.3 Å². The van der Waals surface area contributed by atoms with Crippen molar-refractivity contribution in [2.24, 2.45) is 0 Å². The first kappa shape index (κ1) is 11.3. The minimum Gasteiger partial charge on any atom is -0.392 e. The van der Waals surface area contributed by atoms with Gasteiger partial charge in [-0.2, -0.15) is 0 Å². The molecule has 1 aromatic carbocycles. The summed E-state index contributed by atoms with van der Waals surface area (Å²) in [7, 11) is 0. The fourth-order valence-electron chi connectivity index (χ4n) is 0.683. The summed E-state index contributed by atoms with van der Waals surface area (Å²) in [6.45, 7) is -0.113. The first-order valence-electron chi connectivity index (χ1n) is 2.79. The summed E-state index contributed by atoms with van der Waals surface area (Å²) in [5, 5.41) is 9.75. The molecule has 0 saturated carbocycles. The molecule has 1 radical (unpaired) electrons. The quantitative estimate of drug-likeness (QED) is 0.782. The van der Waals surface area contributed by atoms with Crippen molar-refractivity contribution >= 4 is 23.2 Å². The summed E-state index contributed by atoms with van der Waals surface area (Å²) in [4.78, 5) is 0. The topological polar surface area (TPSA) is 20.2 Å². The molecule has 0 aliphatic carbocycles. The van der Waals surface area contributed by atoms with Crippen LogP contribution in [0.2, 0.25) is 10.0 Å². The molecule has 0 fully saturated rings. The van der Waals surface area contributed by atoms with Gasteiger partial charge in [-0.05, 0) is 12.1 Å². The Morgan fingerprint density at radius 2 is 1.64 bits per heavy atom. The second kappa shape index (κ2) is 5.07. The van der Waals surface area contributed by atoms with Gasteiger partial charge < -0.3 is 5.11 Å². The number of rotatable bonds is 1. The molecule has 0 saturated heterocycles. The second-order valence-corrected chi connectivity index (χ2v) is 2.67. The van der Waals surface area contributed by atoms with Crippen molar-refractivity contribution in [3.63, 3.8) is 0 Å². The third kappa shape index (κ3) is 2.70. The van der Waals surface area contributed by atoms with Crippen LogP contribution in [0.15, 0.2) is 18.2 Å². The Balaban J connectivity index is 0.000001000. The van der Waals surface area contributed by atoms with Crippen molar-refractivity contribution in [3.05, 3.63) is 33.8 Å². The molecule has 4 heteroatoms. The third-order valence-corrected chi connectivity index (χ3v) is 1.93. The smallest absolute Gasteiger partial charge is 0.0711 e. The largest absolute Gasteiger partial charge is 0.392 e. The summed E-state index contributed by atoms with van der Waals surface area (Å²) in [6.07, 6.45) is 0. The molecule has 0 amide bonds. The van der Waals surface area contributed by atoms with Crippen LogP contribution in [-0.2, 0) is 25.2 Å². The fourth-order valence-corrected chi connectivity index (χ4v) is 1.20. The maximum Gasteiger partial charge on any atom is 0.0711 e. The minimum absolute atomic E-state index is 0. The Bertz CT molecular complexity index is 220. The molecule has 0 atom stereocenters. The van der Waals surface area contributed by atoms with Crippen LogP contribution in [0.5, 0.6) is 0 Å². The average Bonchev–Trinajstić information content (AvgIpc) is 1.88. The predicted molar refractivity (Wildman–Crippen MR) is 42.4 cm³/mol. The molecule has 11 heavy (non-hydrogen) atoms. The molecular formula is C7H6Cl2OV. The first-order chi connectivity index (χ1) is 4.75. The molecule has 0 aliphatic heterocycles. The normalized spacial score (nSPS) is 9.00. The van der Waals surface area contributed by atoms with Gasteiger partial charge in [-0.15, -0.1) is 0 Å². The maximum absolute atomic E-state index is 8.73. The molecule has 0 spiro atoms. The van der Waals surface area contributed by atoms with Gasteiger partial charge in [-0.3, -0.25) is 0 Å². The van der Waals surface area contributed by atoms with Crippen molar-refractivity contribution in [1.82, 2.24) is 0 Å². The summed E-state index contributed by atoms with van der Waals surface area (Å²) in [6, 6.07) is 5.13. The van der Waals surface area contributed by atoms with Crippen molar-refractivity contribution < 1.29 is 23.7 Å². The van der Waals surface area contributed by atoms with E-state index in [1.807, 2.05) is 0 Å². The van der Waals surface area contributed by atoms with Crippen molar-refractivity contribution in [2.45, 2.75) is 6.61 Å². The van der Waals surface area contributed by atoms with Crippen LogP contribution in [0.4, 0.5) is 0 Å². The van der Waals surface area contributed by atoms with E-state index in [0.29, 0.717) is 15.6 Å². The second-order valence-electron chi connectivity index (χ2n) is 1.86. The van der Waals surface area contributed by atoms with Crippen LogP contribution in [0.3, 0.4) is 0 Å². The van der Waals surface area contributed by atoms with Crippen LogP contribution in [-0.4, -0.2) is 5.11 Å². The van der Waals surface area contributed by atoms with Crippen molar-refractivity contribution in [3.8, 4) is 0 Å². The van der Waals surface area contributed by atoms with Gasteiger partial charge >= 0.3 is 0 Å². The molecule has 1 rings (SSSR count). The molecule has 0 heterocycles. The van der Waals surface area contributed by atoms with Gasteiger partial charge in [0.25, 0.3) is 0 Å². The van der Waals surface area contributed by atoms with E-state index < -0.39 is 0 Å². The number of aliphatic hydroxyl groups excluding tert-OH is 1. The van der Waals surface area contributed by atoms with E-state index in [4.69, 9.17) is 28.3 Å². The Labute approximate surface area is 87.2 Å².